The SMILES string of the molecule is CCN(C(=O)CCCc1cccs1)C1CCCCC1CN. The molecule has 1 saturated carbocycles. The summed E-state index contributed by atoms with van der Waals surface area (Å²) in [6.45, 7) is 3.63. The van der Waals surface area contributed by atoms with Gasteiger partial charge in [-0.05, 0) is 56.5 Å². The lowest BCUT2D eigenvalue weighted by Crippen LogP contribution is -2.47. The minimum atomic E-state index is 0.319. The Bertz CT molecular complexity index is 418. The van der Waals surface area contributed by atoms with Crippen LogP contribution < -0.4 is 5.73 Å². The molecular formula is C17H28N2OS. The van der Waals surface area contributed by atoms with E-state index in [1.807, 2.05) is 0 Å². The molecule has 1 aromatic rings. The van der Waals surface area contributed by atoms with E-state index in [1.54, 1.807) is 11.3 Å². The molecule has 1 amide bonds. The van der Waals surface area contributed by atoms with Crippen molar-refractivity contribution in [2.45, 2.75) is 57.9 Å². The second kappa shape index (κ2) is 8.54. The number of nitrogens with zero attached hydrogens (tertiary/aromatic N) is 1. The van der Waals surface area contributed by atoms with Crippen molar-refractivity contribution in [3.63, 3.8) is 0 Å². The van der Waals surface area contributed by atoms with Gasteiger partial charge >= 0.3 is 0 Å². The fourth-order valence-corrected chi connectivity index (χ4v) is 4.23. The molecule has 2 atom stereocenters. The molecule has 0 saturated heterocycles. The van der Waals surface area contributed by atoms with Crippen molar-refractivity contribution in [1.29, 1.82) is 0 Å². The molecule has 118 valence electrons. The van der Waals surface area contributed by atoms with Gasteiger partial charge in [0.25, 0.3) is 0 Å². The summed E-state index contributed by atoms with van der Waals surface area (Å²) in [5.41, 5.74) is 5.91. The van der Waals surface area contributed by atoms with Gasteiger partial charge in [-0.15, -0.1) is 11.3 Å². The van der Waals surface area contributed by atoms with Crippen molar-refractivity contribution in [2.75, 3.05) is 13.1 Å². The zero-order valence-corrected chi connectivity index (χ0v) is 13.9. The van der Waals surface area contributed by atoms with E-state index in [-0.39, 0.29) is 0 Å². The first-order valence-corrected chi connectivity index (χ1v) is 9.16. The third-order valence-electron chi connectivity index (χ3n) is 4.63. The maximum absolute atomic E-state index is 12.6. The van der Waals surface area contributed by atoms with E-state index in [4.69, 9.17) is 5.73 Å². The highest BCUT2D eigenvalue weighted by Crippen LogP contribution is 2.28. The van der Waals surface area contributed by atoms with Crippen LogP contribution in [0.25, 0.3) is 0 Å². The fourth-order valence-electron chi connectivity index (χ4n) is 3.48. The van der Waals surface area contributed by atoms with E-state index in [0.717, 1.165) is 25.8 Å². The molecular weight excluding hydrogens is 280 g/mol. The zero-order valence-electron chi connectivity index (χ0n) is 13.1. The monoisotopic (exact) mass is 308 g/mol. The lowest BCUT2D eigenvalue weighted by molar-refractivity contribution is -0.135. The van der Waals surface area contributed by atoms with Crippen molar-refractivity contribution in [3.8, 4) is 0 Å². The average Bonchev–Trinajstić information content (AvgIpc) is 3.02. The van der Waals surface area contributed by atoms with Crippen LogP contribution in [0.3, 0.4) is 0 Å². The minimum absolute atomic E-state index is 0.319. The molecule has 0 bridgehead atoms. The molecule has 3 nitrogen and oxygen atoms in total. The molecule has 1 aliphatic carbocycles. The van der Waals surface area contributed by atoms with Crippen LogP contribution in [0.15, 0.2) is 17.5 Å². The van der Waals surface area contributed by atoms with Crippen molar-refractivity contribution < 1.29 is 4.79 Å². The summed E-state index contributed by atoms with van der Waals surface area (Å²) in [6.07, 6.45) is 7.45. The van der Waals surface area contributed by atoms with Gasteiger partial charge < -0.3 is 10.6 Å². The average molecular weight is 308 g/mol. The largest absolute Gasteiger partial charge is 0.340 e. The molecule has 1 fully saturated rings. The Labute approximate surface area is 132 Å². The molecule has 1 aromatic heterocycles. The first kappa shape index (κ1) is 16.5. The third-order valence-corrected chi connectivity index (χ3v) is 5.56. The highest BCUT2D eigenvalue weighted by Gasteiger charge is 2.30. The molecule has 4 heteroatoms. The lowest BCUT2D eigenvalue weighted by Gasteiger charge is -2.39. The van der Waals surface area contributed by atoms with E-state index in [0.29, 0.717) is 30.8 Å². The van der Waals surface area contributed by atoms with E-state index < -0.39 is 0 Å². The van der Waals surface area contributed by atoms with Crippen LogP contribution in [0, 0.1) is 5.92 Å². The molecule has 0 radical (unpaired) electrons. The summed E-state index contributed by atoms with van der Waals surface area (Å²) < 4.78 is 0. The molecule has 2 N–H and O–H groups in total. The molecule has 1 aliphatic rings. The van der Waals surface area contributed by atoms with Crippen LogP contribution in [0.4, 0.5) is 0 Å². The van der Waals surface area contributed by atoms with Crippen molar-refractivity contribution in [3.05, 3.63) is 22.4 Å². The predicted molar refractivity (Wildman–Crippen MR) is 89.4 cm³/mol. The Morgan fingerprint density at radius 2 is 2.24 bits per heavy atom. The number of carbonyl (C=O) groups is 1. The number of nitrogens with two attached hydrogens (primary N) is 1. The van der Waals surface area contributed by atoms with Gasteiger partial charge in [-0.2, -0.15) is 0 Å². The van der Waals surface area contributed by atoms with E-state index >= 15 is 0 Å². The van der Waals surface area contributed by atoms with Crippen LogP contribution in [-0.2, 0) is 11.2 Å². The Morgan fingerprint density at radius 1 is 1.43 bits per heavy atom. The van der Waals surface area contributed by atoms with Gasteiger partial charge in [-0.1, -0.05) is 18.9 Å². The van der Waals surface area contributed by atoms with Gasteiger partial charge in [0.2, 0.25) is 5.91 Å². The summed E-state index contributed by atoms with van der Waals surface area (Å²) >= 11 is 1.78. The highest BCUT2D eigenvalue weighted by molar-refractivity contribution is 7.09. The molecule has 1 heterocycles. The maximum atomic E-state index is 12.6. The van der Waals surface area contributed by atoms with Crippen molar-refractivity contribution in [2.24, 2.45) is 11.7 Å². The fraction of sp³-hybridized carbons (Fsp3) is 0.706. The topological polar surface area (TPSA) is 46.3 Å². The summed E-state index contributed by atoms with van der Waals surface area (Å²) in [4.78, 5) is 16.0. The van der Waals surface area contributed by atoms with E-state index in [1.165, 1.54) is 24.1 Å². The van der Waals surface area contributed by atoms with Gasteiger partial charge in [0.1, 0.15) is 0 Å². The van der Waals surface area contributed by atoms with Gasteiger partial charge in [0.05, 0.1) is 0 Å². The molecule has 0 spiro atoms. The van der Waals surface area contributed by atoms with Crippen molar-refractivity contribution in [1.82, 2.24) is 4.90 Å². The molecule has 2 rings (SSSR count). The van der Waals surface area contributed by atoms with Gasteiger partial charge in [-0.25, -0.2) is 0 Å². The maximum Gasteiger partial charge on any atom is 0.222 e. The summed E-state index contributed by atoms with van der Waals surface area (Å²) in [5.74, 6) is 0.819. The van der Waals surface area contributed by atoms with Gasteiger partial charge in [0.15, 0.2) is 0 Å². The molecule has 2 unspecified atom stereocenters. The van der Waals surface area contributed by atoms with E-state index in [2.05, 4.69) is 29.3 Å². The zero-order chi connectivity index (χ0) is 15.1. The quantitative estimate of drug-likeness (QED) is 0.838. The van der Waals surface area contributed by atoms with Gasteiger partial charge in [-0.3, -0.25) is 4.79 Å². The van der Waals surface area contributed by atoms with Crippen LogP contribution in [-0.4, -0.2) is 29.9 Å². The van der Waals surface area contributed by atoms with Gasteiger partial charge in [0, 0.05) is 23.9 Å². The number of aryl methyl sites for hydroxylation is 1. The van der Waals surface area contributed by atoms with E-state index in [9.17, 15) is 4.79 Å². The number of thiophene rings is 1. The Morgan fingerprint density at radius 3 is 2.90 bits per heavy atom. The number of amides is 1. The number of hydrogen-bond acceptors (Lipinski definition) is 3. The molecule has 0 aliphatic heterocycles. The third kappa shape index (κ3) is 4.55. The number of carbonyl (C=O) groups excluding carboxylic acids is 1. The highest BCUT2D eigenvalue weighted by atomic mass is 32.1. The lowest BCUT2D eigenvalue weighted by atomic mass is 9.83. The Balaban J connectivity index is 1.85. The standard InChI is InChI=1S/C17H28N2OS/c1-2-19(16-10-4-3-7-14(16)13-18)17(20)11-5-8-15-9-6-12-21-15/h6,9,12,14,16H,2-5,7-8,10-11,13,18H2,1H3. The second-order valence-electron chi connectivity index (χ2n) is 5.96. The predicted octanol–water partition coefficient (Wildman–Crippen LogP) is 3.44. The van der Waals surface area contributed by atoms with Crippen LogP contribution in [0.2, 0.25) is 0 Å². The minimum Gasteiger partial charge on any atom is -0.340 e. The molecule has 21 heavy (non-hydrogen) atoms. The number of rotatable bonds is 7. The first-order chi connectivity index (χ1) is 10.3. The van der Waals surface area contributed by atoms with Crippen LogP contribution >= 0.6 is 11.3 Å². The smallest absolute Gasteiger partial charge is 0.222 e. The summed E-state index contributed by atoms with van der Waals surface area (Å²) in [6, 6.07) is 4.61. The number of hydrogen-bond donors (Lipinski definition) is 1. The Hall–Kier alpha value is -0.870. The van der Waals surface area contributed by atoms with Crippen LogP contribution in [0.1, 0.15) is 50.3 Å². The first-order valence-electron chi connectivity index (χ1n) is 8.28. The summed E-state index contributed by atoms with van der Waals surface area (Å²) in [5, 5.41) is 2.10. The Kier molecular flexibility index (Phi) is 6.71. The normalized spacial score (nSPS) is 22.2. The summed E-state index contributed by atoms with van der Waals surface area (Å²) in [7, 11) is 0. The van der Waals surface area contributed by atoms with Crippen LogP contribution in [0.5, 0.6) is 0 Å². The second-order valence-corrected chi connectivity index (χ2v) is 6.99. The van der Waals surface area contributed by atoms with Crippen molar-refractivity contribution >= 4 is 17.2 Å². The molecule has 0 aromatic carbocycles.